The smallest absolute Gasteiger partial charge is 0.283 e. The third kappa shape index (κ3) is 3.10. The average molecular weight is 329 g/mol. The van der Waals surface area contributed by atoms with E-state index in [0.29, 0.717) is 30.4 Å². The normalized spacial score (nSPS) is 16.4. The van der Waals surface area contributed by atoms with Gasteiger partial charge in [0.2, 0.25) is 0 Å². The Morgan fingerprint density at radius 3 is 2.63 bits per heavy atom. The van der Waals surface area contributed by atoms with Crippen LogP contribution in [0.3, 0.4) is 0 Å². The Morgan fingerprint density at radius 2 is 2.05 bits per heavy atom. The Labute approximate surface area is 118 Å². The number of carbonyl (C=O) groups is 1. The van der Waals surface area contributed by atoms with E-state index in [2.05, 4.69) is 15.9 Å². The number of carbonyl (C=O) groups excluding carboxylic acids is 1. The fourth-order valence-corrected chi connectivity index (χ4v) is 2.42. The van der Waals surface area contributed by atoms with E-state index in [-0.39, 0.29) is 23.3 Å². The molecule has 1 fully saturated rings. The molecule has 1 saturated heterocycles. The average Bonchev–Trinajstić information content (AvgIpc) is 2.38. The van der Waals surface area contributed by atoms with Gasteiger partial charge in [-0.3, -0.25) is 14.9 Å². The highest BCUT2D eigenvalue weighted by atomic mass is 79.9. The fraction of sp³-hybridized carbons (Fsp3) is 0.417. The van der Waals surface area contributed by atoms with Crippen molar-refractivity contribution < 1.29 is 14.8 Å². The van der Waals surface area contributed by atoms with Crippen LogP contribution in [-0.2, 0) is 0 Å². The Bertz CT molecular complexity index is 512. The van der Waals surface area contributed by atoms with Gasteiger partial charge >= 0.3 is 0 Å². The molecule has 7 heteroatoms. The third-order valence-electron chi connectivity index (χ3n) is 3.14. The number of benzene rings is 1. The first kappa shape index (κ1) is 14.0. The van der Waals surface area contributed by atoms with E-state index in [1.54, 1.807) is 11.0 Å². The van der Waals surface area contributed by atoms with Gasteiger partial charge in [0.15, 0.2) is 0 Å². The van der Waals surface area contributed by atoms with Gasteiger partial charge in [0, 0.05) is 23.6 Å². The molecule has 1 aromatic carbocycles. The van der Waals surface area contributed by atoms with E-state index in [4.69, 9.17) is 0 Å². The SMILES string of the molecule is O=C(c1ccc(Br)cc1[N+](=O)[O-])N1CCC(O)CC1. The summed E-state index contributed by atoms with van der Waals surface area (Å²) in [6, 6.07) is 4.39. The number of amides is 1. The van der Waals surface area contributed by atoms with Crippen molar-refractivity contribution in [3.63, 3.8) is 0 Å². The number of nitrogens with zero attached hydrogens (tertiary/aromatic N) is 2. The van der Waals surface area contributed by atoms with Crippen LogP contribution in [0.4, 0.5) is 5.69 Å². The van der Waals surface area contributed by atoms with Gasteiger partial charge in [-0.25, -0.2) is 0 Å². The lowest BCUT2D eigenvalue weighted by molar-refractivity contribution is -0.385. The minimum Gasteiger partial charge on any atom is -0.393 e. The minimum atomic E-state index is -0.559. The van der Waals surface area contributed by atoms with Crippen LogP contribution < -0.4 is 0 Å². The van der Waals surface area contributed by atoms with Crippen LogP contribution in [0.5, 0.6) is 0 Å². The van der Waals surface area contributed by atoms with Crippen LogP contribution in [0.2, 0.25) is 0 Å². The second-order valence-electron chi connectivity index (χ2n) is 4.44. The molecule has 0 aliphatic carbocycles. The van der Waals surface area contributed by atoms with Crippen LogP contribution in [-0.4, -0.2) is 40.0 Å². The predicted octanol–water partition coefficient (Wildman–Crippen LogP) is 1.95. The van der Waals surface area contributed by atoms with Crippen molar-refractivity contribution in [2.75, 3.05) is 13.1 Å². The minimum absolute atomic E-state index is 0.0876. The summed E-state index contributed by atoms with van der Waals surface area (Å²) < 4.78 is 0.560. The maximum absolute atomic E-state index is 12.3. The molecule has 1 heterocycles. The van der Waals surface area contributed by atoms with Gasteiger partial charge < -0.3 is 10.0 Å². The van der Waals surface area contributed by atoms with Gasteiger partial charge in [-0.2, -0.15) is 0 Å². The molecule has 0 saturated carbocycles. The Hall–Kier alpha value is -1.47. The Kier molecular flexibility index (Phi) is 4.16. The van der Waals surface area contributed by atoms with Crippen molar-refractivity contribution in [3.05, 3.63) is 38.3 Å². The monoisotopic (exact) mass is 328 g/mol. The zero-order valence-corrected chi connectivity index (χ0v) is 11.7. The summed E-state index contributed by atoms with van der Waals surface area (Å²) in [7, 11) is 0. The maximum Gasteiger partial charge on any atom is 0.283 e. The molecule has 1 aliphatic heterocycles. The van der Waals surface area contributed by atoms with Crippen LogP contribution in [0.25, 0.3) is 0 Å². The molecule has 0 radical (unpaired) electrons. The van der Waals surface area contributed by atoms with Crippen molar-refractivity contribution >= 4 is 27.5 Å². The molecule has 6 nitrogen and oxygen atoms in total. The number of piperidine rings is 1. The Balaban J connectivity index is 2.26. The highest BCUT2D eigenvalue weighted by Gasteiger charge is 2.27. The van der Waals surface area contributed by atoms with Gasteiger partial charge in [0.05, 0.1) is 11.0 Å². The second kappa shape index (κ2) is 5.66. The van der Waals surface area contributed by atoms with Crippen LogP contribution in [0, 0.1) is 10.1 Å². The number of hydrogen-bond acceptors (Lipinski definition) is 4. The van der Waals surface area contributed by atoms with Gasteiger partial charge in [-0.05, 0) is 25.0 Å². The summed E-state index contributed by atoms with van der Waals surface area (Å²) >= 11 is 3.16. The summed E-state index contributed by atoms with van der Waals surface area (Å²) in [5.74, 6) is -0.355. The molecule has 0 atom stereocenters. The fourth-order valence-electron chi connectivity index (χ4n) is 2.08. The number of halogens is 1. The largest absolute Gasteiger partial charge is 0.393 e. The number of aliphatic hydroxyl groups excluding tert-OH is 1. The molecule has 1 aromatic rings. The van der Waals surface area contributed by atoms with Crippen molar-refractivity contribution in [3.8, 4) is 0 Å². The van der Waals surface area contributed by atoms with Crippen molar-refractivity contribution in [1.82, 2.24) is 4.90 Å². The van der Waals surface area contributed by atoms with E-state index in [1.807, 2.05) is 0 Å². The highest BCUT2D eigenvalue weighted by Crippen LogP contribution is 2.25. The summed E-state index contributed by atoms with van der Waals surface area (Å²) in [6.07, 6.45) is 0.635. The van der Waals surface area contributed by atoms with E-state index in [0.717, 1.165) is 0 Å². The van der Waals surface area contributed by atoms with E-state index < -0.39 is 4.92 Å². The lowest BCUT2D eigenvalue weighted by atomic mass is 10.1. The highest BCUT2D eigenvalue weighted by molar-refractivity contribution is 9.10. The van der Waals surface area contributed by atoms with E-state index in [9.17, 15) is 20.0 Å². The van der Waals surface area contributed by atoms with Gasteiger partial charge in [-0.15, -0.1) is 0 Å². The summed E-state index contributed by atoms with van der Waals surface area (Å²) in [5.41, 5.74) is -0.116. The Morgan fingerprint density at radius 1 is 1.42 bits per heavy atom. The zero-order chi connectivity index (χ0) is 14.0. The molecule has 0 unspecified atom stereocenters. The first-order valence-corrected chi connectivity index (χ1v) is 6.69. The van der Waals surface area contributed by atoms with E-state index in [1.165, 1.54) is 12.1 Å². The third-order valence-corrected chi connectivity index (χ3v) is 3.63. The summed E-state index contributed by atoms with van der Waals surface area (Å²) in [4.78, 5) is 24.2. The van der Waals surface area contributed by atoms with Gasteiger partial charge in [0.1, 0.15) is 5.56 Å². The molecule has 1 aliphatic rings. The summed E-state index contributed by atoms with van der Waals surface area (Å²) in [5, 5.41) is 20.4. The predicted molar refractivity (Wildman–Crippen MR) is 71.9 cm³/mol. The molecular weight excluding hydrogens is 316 g/mol. The van der Waals surface area contributed by atoms with Crippen LogP contribution >= 0.6 is 15.9 Å². The summed E-state index contributed by atoms with van der Waals surface area (Å²) in [6.45, 7) is 0.848. The number of likely N-dealkylation sites (tertiary alicyclic amines) is 1. The van der Waals surface area contributed by atoms with Crippen molar-refractivity contribution in [2.24, 2.45) is 0 Å². The second-order valence-corrected chi connectivity index (χ2v) is 5.36. The molecule has 102 valence electrons. The number of rotatable bonds is 2. The number of nitro benzene ring substituents is 1. The quantitative estimate of drug-likeness (QED) is 0.664. The van der Waals surface area contributed by atoms with E-state index >= 15 is 0 Å². The lowest BCUT2D eigenvalue weighted by Gasteiger charge is -2.29. The molecule has 1 amide bonds. The number of nitro groups is 1. The number of hydrogen-bond donors (Lipinski definition) is 1. The first-order chi connectivity index (χ1) is 8.99. The van der Waals surface area contributed by atoms with Crippen LogP contribution in [0.1, 0.15) is 23.2 Å². The van der Waals surface area contributed by atoms with Gasteiger partial charge in [-0.1, -0.05) is 15.9 Å². The van der Waals surface area contributed by atoms with Crippen molar-refractivity contribution in [2.45, 2.75) is 18.9 Å². The first-order valence-electron chi connectivity index (χ1n) is 5.90. The lowest BCUT2D eigenvalue weighted by Crippen LogP contribution is -2.40. The number of aliphatic hydroxyl groups is 1. The zero-order valence-electron chi connectivity index (χ0n) is 10.1. The van der Waals surface area contributed by atoms with Crippen molar-refractivity contribution in [1.29, 1.82) is 0 Å². The van der Waals surface area contributed by atoms with Crippen LogP contribution in [0.15, 0.2) is 22.7 Å². The molecule has 19 heavy (non-hydrogen) atoms. The molecule has 0 aromatic heterocycles. The molecule has 0 spiro atoms. The molecular formula is C12H13BrN2O4. The molecule has 1 N–H and O–H groups in total. The maximum atomic E-state index is 12.3. The topological polar surface area (TPSA) is 83.7 Å². The standard InChI is InChI=1S/C12H13BrN2O4/c13-8-1-2-10(11(7-8)15(18)19)12(17)14-5-3-9(16)4-6-14/h1-2,7,9,16H,3-6H2. The molecule has 2 rings (SSSR count). The molecule has 0 bridgehead atoms. The van der Waals surface area contributed by atoms with Gasteiger partial charge in [0.25, 0.3) is 11.6 Å².